The summed E-state index contributed by atoms with van der Waals surface area (Å²) >= 11 is 0. The van der Waals surface area contributed by atoms with Gasteiger partial charge in [0.25, 0.3) is 0 Å². The Labute approximate surface area is 58.8 Å². The van der Waals surface area contributed by atoms with E-state index in [1.165, 1.54) is 0 Å². The van der Waals surface area contributed by atoms with Gasteiger partial charge in [-0.05, 0) is 0 Å². The van der Waals surface area contributed by atoms with E-state index in [1.54, 1.807) is 0 Å². The lowest BCUT2D eigenvalue weighted by Gasteiger charge is -2.04. The van der Waals surface area contributed by atoms with Crippen LogP contribution in [0.25, 0.3) is 0 Å². The summed E-state index contributed by atoms with van der Waals surface area (Å²) in [5.74, 6) is -1.22. The van der Waals surface area contributed by atoms with Crippen LogP contribution < -0.4 is 11.1 Å². The standard InChI is InChI=1S/C5H12N2O3/c6-1-2-7-3-4(8)5(9)10/h4,7-8H,1-3,6H2,(H,9,10). The molecular formula is C5H12N2O3. The molecule has 60 valence electrons. The van der Waals surface area contributed by atoms with E-state index >= 15 is 0 Å². The quantitative estimate of drug-likeness (QED) is 0.337. The Kier molecular flexibility index (Phi) is 4.82. The number of hydrogen-bond donors (Lipinski definition) is 4. The summed E-state index contributed by atoms with van der Waals surface area (Å²) in [7, 11) is 0. The highest BCUT2D eigenvalue weighted by Crippen LogP contribution is 1.77. The van der Waals surface area contributed by atoms with Crippen molar-refractivity contribution in [2.24, 2.45) is 5.73 Å². The van der Waals surface area contributed by atoms with Gasteiger partial charge in [0.2, 0.25) is 0 Å². The maximum atomic E-state index is 9.97. The van der Waals surface area contributed by atoms with Crippen molar-refractivity contribution in [3.8, 4) is 0 Å². The lowest BCUT2D eigenvalue weighted by molar-refractivity contribution is -0.146. The van der Waals surface area contributed by atoms with Crippen molar-refractivity contribution in [2.45, 2.75) is 6.10 Å². The predicted molar refractivity (Wildman–Crippen MR) is 35.6 cm³/mol. The highest BCUT2D eigenvalue weighted by atomic mass is 16.4. The molecular weight excluding hydrogens is 136 g/mol. The van der Waals surface area contributed by atoms with Gasteiger partial charge in [0.05, 0.1) is 0 Å². The molecule has 0 saturated carbocycles. The topological polar surface area (TPSA) is 95.6 Å². The van der Waals surface area contributed by atoms with Gasteiger partial charge in [-0.15, -0.1) is 0 Å². The second-order valence-electron chi connectivity index (χ2n) is 1.85. The molecule has 0 aromatic rings. The molecule has 0 aromatic heterocycles. The Morgan fingerprint density at radius 3 is 2.70 bits per heavy atom. The zero-order valence-corrected chi connectivity index (χ0v) is 5.58. The fourth-order valence-corrected chi connectivity index (χ4v) is 0.428. The maximum Gasteiger partial charge on any atom is 0.333 e. The number of carboxylic acid groups (broad SMARTS) is 1. The van der Waals surface area contributed by atoms with Gasteiger partial charge in [-0.2, -0.15) is 0 Å². The summed E-state index contributed by atoms with van der Waals surface area (Å²) in [6.45, 7) is 1.00. The minimum absolute atomic E-state index is 0.0481. The first-order valence-corrected chi connectivity index (χ1v) is 3.00. The minimum atomic E-state index is -1.33. The van der Waals surface area contributed by atoms with Crippen LogP contribution in [0, 0.1) is 0 Å². The molecule has 0 bridgehead atoms. The first-order valence-electron chi connectivity index (χ1n) is 3.00. The molecule has 0 aliphatic carbocycles. The Morgan fingerprint density at radius 2 is 2.30 bits per heavy atom. The fraction of sp³-hybridized carbons (Fsp3) is 0.800. The van der Waals surface area contributed by atoms with E-state index < -0.39 is 12.1 Å². The van der Waals surface area contributed by atoms with Gasteiger partial charge in [0.15, 0.2) is 6.10 Å². The molecule has 0 spiro atoms. The lowest BCUT2D eigenvalue weighted by Crippen LogP contribution is -2.35. The van der Waals surface area contributed by atoms with Gasteiger partial charge in [-0.1, -0.05) is 0 Å². The van der Waals surface area contributed by atoms with Gasteiger partial charge in [-0.25, -0.2) is 4.79 Å². The van der Waals surface area contributed by atoms with Crippen LogP contribution in [-0.4, -0.2) is 41.9 Å². The summed E-state index contributed by atoms with van der Waals surface area (Å²) in [4.78, 5) is 9.97. The Balaban J connectivity index is 3.21. The normalized spacial score (nSPS) is 13.0. The molecule has 0 amide bonds. The molecule has 0 aliphatic rings. The number of hydrogen-bond acceptors (Lipinski definition) is 4. The third-order valence-corrected chi connectivity index (χ3v) is 0.944. The lowest BCUT2D eigenvalue weighted by atomic mass is 10.3. The molecule has 1 unspecified atom stereocenters. The smallest absolute Gasteiger partial charge is 0.333 e. The van der Waals surface area contributed by atoms with Crippen molar-refractivity contribution in [3.05, 3.63) is 0 Å². The van der Waals surface area contributed by atoms with Crippen LogP contribution in [0.5, 0.6) is 0 Å². The SMILES string of the molecule is NCCNCC(O)C(=O)O. The van der Waals surface area contributed by atoms with Crippen LogP contribution in [0.2, 0.25) is 0 Å². The summed E-state index contributed by atoms with van der Waals surface area (Å²) in [5, 5.41) is 19.5. The van der Waals surface area contributed by atoms with Gasteiger partial charge < -0.3 is 21.3 Å². The van der Waals surface area contributed by atoms with Crippen molar-refractivity contribution in [3.63, 3.8) is 0 Å². The second-order valence-corrected chi connectivity index (χ2v) is 1.85. The minimum Gasteiger partial charge on any atom is -0.479 e. The van der Waals surface area contributed by atoms with Crippen molar-refractivity contribution in [1.82, 2.24) is 5.32 Å². The van der Waals surface area contributed by atoms with E-state index in [0.717, 1.165) is 0 Å². The monoisotopic (exact) mass is 148 g/mol. The Hall–Kier alpha value is -0.650. The van der Waals surface area contributed by atoms with Crippen LogP contribution in [0.15, 0.2) is 0 Å². The molecule has 5 heteroatoms. The van der Waals surface area contributed by atoms with Crippen LogP contribution >= 0.6 is 0 Å². The summed E-state index contributed by atoms with van der Waals surface area (Å²) in [6.07, 6.45) is -1.33. The zero-order chi connectivity index (χ0) is 7.98. The Bertz CT molecular complexity index is 107. The van der Waals surface area contributed by atoms with Crippen LogP contribution in [0.1, 0.15) is 0 Å². The number of carbonyl (C=O) groups is 1. The predicted octanol–water partition coefficient (Wildman–Crippen LogP) is -2.02. The molecule has 0 radical (unpaired) electrons. The fourth-order valence-electron chi connectivity index (χ4n) is 0.428. The van der Waals surface area contributed by atoms with E-state index in [9.17, 15) is 4.79 Å². The largest absolute Gasteiger partial charge is 0.479 e. The maximum absolute atomic E-state index is 9.97. The van der Waals surface area contributed by atoms with Gasteiger partial charge in [-0.3, -0.25) is 0 Å². The third-order valence-electron chi connectivity index (χ3n) is 0.944. The van der Waals surface area contributed by atoms with Gasteiger partial charge in [0, 0.05) is 19.6 Å². The average molecular weight is 148 g/mol. The molecule has 5 nitrogen and oxygen atoms in total. The summed E-state index contributed by atoms with van der Waals surface area (Å²) < 4.78 is 0. The highest BCUT2D eigenvalue weighted by Gasteiger charge is 2.10. The molecule has 1 atom stereocenters. The van der Waals surface area contributed by atoms with Crippen LogP contribution in [0.3, 0.4) is 0 Å². The summed E-state index contributed by atoms with van der Waals surface area (Å²) in [6, 6.07) is 0. The van der Waals surface area contributed by atoms with Crippen molar-refractivity contribution in [1.29, 1.82) is 0 Å². The van der Waals surface area contributed by atoms with Crippen molar-refractivity contribution in [2.75, 3.05) is 19.6 Å². The molecule has 0 rings (SSSR count). The van der Waals surface area contributed by atoms with Crippen LogP contribution in [-0.2, 0) is 4.79 Å². The Morgan fingerprint density at radius 1 is 1.70 bits per heavy atom. The first-order chi connectivity index (χ1) is 4.68. The number of aliphatic carboxylic acids is 1. The molecule has 0 heterocycles. The van der Waals surface area contributed by atoms with Gasteiger partial charge >= 0.3 is 5.97 Å². The molecule has 0 aromatic carbocycles. The molecule has 5 N–H and O–H groups in total. The highest BCUT2D eigenvalue weighted by molar-refractivity contribution is 5.72. The van der Waals surface area contributed by atoms with E-state index in [2.05, 4.69) is 5.32 Å². The number of rotatable bonds is 5. The van der Waals surface area contributed by atoms with Crippen molar-refractivity contribution < 1.29 is 15.0 Å². The number of nitrogens with two attached hydrogens (primary N) is 1. The van der Waals surface area contributed by atoms with E-state index in [-0.39, 0.29) is 6.54 Å². The molecule has 0 fully saturated rings. The van der Waals surface area contributed by atoms with E-state index in [1.807, 2.05) is 0 Å². The van der Waals surface area contributed by atoms with Crippen LogP contribution in [0.4, 0.5) is 0 Å². The number of carboxylic acids is 1. The molecule has 0 saturated heterocycles. The number of aliphatic hydroxyl groups excluding tert-OH is 1. The average Bonchev–Trinajstić information content (AvgIpc) is 1.88. The van der Waals surface area contributed by atoms with Gasteiger partial charge in [0.1, 0.15) is 0 Å². The van der Waals surface area contributed by atoms with E-state index in [0.29, 0.717) is 13.1 Å². The third kappa shape index (κ3) is 4.25. The molecule has 0 aliphatic heterocycles. The summed E-state index contributed by atoms with van der Waals surface area (Å²) in [5.41, 5.74) is 5.10. The number of nitrogens with one attached hydrogen (secondary N) is 1. The zero-order valence-electron chi connectivity index (χ0n) is 5.58. The second kappa shape index (κ2) is 5.16. The number of aliphatic hydroxyl groups is 1. The van der Waals surface area contributed by atoms with E-state index in [4.69, 9.17) is 15.9 Å². The first kappa shape index (κ1) is 9.35. The molecule has 10 heavy (non-hydrogen) atoms. The van der Waals surface area contributed by atoms with Crippen molar-refractivity contribution >= 4 is 5.97 Å².